The van der Waals surface area contributed by atoms with Gasteiger partial charge in [0.05, 0.1) is 16.7 Å². The van der Waals surface area contributed by atoms with Crippen LogP contribution in [-0.4, -0.2) is 56.9 Å². The summed E-state index contributed by atoms with van der Waals surface area (Å²) in [5, 5.41) is 0. The van der Waals surface area contributed by atoms with E-state index in [-0.39, 0.29) is 11.8 Å². The van der Waals surface area contributed by atoms with Crippen molar-refractivity contribution in [3.63, 3.8) is 0 Å². The molecule has 7 heteroatoms. The molecule has 0 unspecified atom stereocenters. The summed E-state index contributed by atoms with van der Waals surface area (Å²) in [4.78, 5) is 33.9. The number of hydrogen-bond donors (Lipinski definition) is 1. The maximum atomic E-state index is 12.8. The molecule has 5 rings (SSSR count). The quantitative estimate of drug-likeness (QED) is 0.760. The largest absolute Gasteiger partial charge is 0.355 e. The van der Waals surface area contributed by atoms with Crippen LogP contribution in [0, 0.1) is 0 Å². The lowest BCUT2D eigenvalue weighted by Crippen LogP contribution is -2.49. The number of aromatic nitrogens is 4. The van der Waals surface area contributed by atoms with E-state index in [1.54, 1.807) is 12.4 Å². The molecule has 0 bridgehead atoms. The van der Waals surface area contributed by atoms with Crippen LogP contribution in [0.25, 0.3) is 11.0 Å². The lowest BCUT2D eigenvalue weighted by molar-refractivity contribution is 0.0587. The second-order valence-corrected chi connectivity index (χ2v) is 7.68. The summed E-state index contributed by atoms with van der Waals surface area (Å²) in [7, 11) is 0. The molecule has 3 aromatic rings. The van der Waals surface area contributed by atoms with Crippen molar-refractivity contribution in [3.05, 3.63) is 48.2 Å². The van der Waals surface area contributed by atoms with Crippen molar-refractivity contribution in [2.24, 2.45) is 0 Å². The highest BCUT2D eigenvalue weighted by Gasteiger charge is 2.36. The Labute approximate surface area is 163 Å². The predicted octanol–water partition coefficient (Wildman–Crippen LogP) is 2.97. The van der Waals surface area contributed by atoms with Crippen LogP contribution in [0.1, 0.15) is 47.9 Å². The Morgan fingerprint density at radius 3 is 2.54 bits per heavy atom. The van der Waals surface area contributed by atoms with Crippen LogP contribution in [0.3, 0.4) is 0 Å². The molecule has 2 saturated heterocycles. The number of hydrogen-bond acceptors (Lipinski definition) is 5. The van der Waals surface area contributed by atoms with Crippen LogP contribution in [-0.2, 0) is 0 Å². The molecule has 0 aliphatic carbocycles. The number of carbonyl (C=O) groups is 1. The van der Waals surface area contributed by atoms with E-state index >= 15 is 0 Å². The Kier molecular flexibility index (Phi) is 4.43. The molecule has 0 saturated carbocycles. The van der Waals surface area contributed by atoms with Gasteiger partial charge in [0, 0.05) is 44.5 Å². The molecule has 2 aliphatic rings. The molecule has 2 aromatic heterocycles. The van der Waals surface area contributed by atoms with Gasteiger partial charge in [0.1, 0.15) is 0 Å². The van der Waals surface area contributed by atoms with Gasteiger partial charge in [0.15, 0.2) is 11.6 Å². The summed E-state index contributed by atoms with van der Waals surface area (Å²) in [5.41, 5.74) is 2.73. The number of aromatic amines is 1. The van der Waals surface area contributed by atoms with E-state index in [9.17, 15) is 4.79 Å². The summed E-state index contributed by atoms with van der Waals surface area (Å²) in [5.74, 6) is 1.60. The number of benzene rings is 1. The SMILES string of the molecule is O=C(c1nc2ccccc2[nH]1)N1CC(c2nccnc2N2CCCCCC2)C1. The van der Waals surface area contributed by atoms with Crippen LogP contribution in [0.2, 0.25) is 0 Å². The van der Waals surface area contributed by atoms with Gasteiger partial charge < -0.3 is 14.8 Å². The number of fused-ring (bicyclic) bond motifs is 1. The molecular weight excluding hydrogens is 352 g/mol. The average Bonchev–Trinajstić information content (AvgIpc) is 2.94. The molecule has 28 heavy (non-hydrogen) atoms. The number of para-hydroxylation sites is 2. The Balaban J connectivity index is 1.31. The van der Waals surface area contributed by atoms with Gasteiger partial charge in [-0.1, -0.05) is 25.0 Å². The van der Waals surface area contributed by atoms with Crippen LogP contribution < -0.4 is 4.90 Å². The zero-order valence-electron chi connectivity index (χ0n) is 15.8. The third-order valence-corrected chi connectivity index (χ3v) is 5.76. The van der Waals surface area contributed by atoms with Gasteiger partial charge in [0.2, 0.25) is 0 Å². The number of rotatable bonds is 3. The fourth-order valence-electron chi connectivity index (χ4n) is 4.18. The first-order chi connectivity index (χ1) is 13.8. The van der Waals surface area contributed by atoms with E-state index in [1.807, 2.05) is 29.2 Å². The number of imidazole rings is 1. The molecule has 2 aliphatic heterocycles. The smallest absolute Gasteiger partial charge is 0.289 e. The molecule has 1 aromatic carbocycles. The topological polar surface area (TPSA) is 78.0 Å². The lowest BCUT2D eigenvalue weighted by Gasteiger charge is -2.39. The lowest BCUT2D eigenvalue weighted by atomic mass is 9.95. The van der Waals surface area contributed by atoms with Crippen molar-refractivity contribution in [1.29, 1.82) is 0 Å². The van der Waals surface area contributed by atoms with Gasteiger partial charge in [-0.2, -0.15) is 0 Å². The summed E-state index contributed by atoms with van der Waals surface area (Å²) >= 11 is 0. The van der Waals surface area contributed by atoms with Crippen LogP contribution in [0.4, 0.5) is 5.82 Å². The molecule has 144 valence electrons. The zero-order valence-corrected chi connectivity index (χ0v) is 15.8. The normalized spacial score (nSPS) is 18.1. The summed E-state index contributed by atoms with van der Waals surface area (Å²) in [6.45, 7) is 3.41. The first-order valence-electron chi connectivity index (χ1n) is 10.1. The highest BCUT2D eigenvalue weighted by molar-refractivity contribution is 5.94. The monoisotopic (exact) mass is 376 g/mol. The summed E-state index contributed by atoms with van der Waals surface area (Å²) in [6, 6.07) is 7.71. The van der Waals surface area contributed by atoms with Crippen molar-refractivity contribution in [2.45, 2.75) is 31.6 Å². The maximum Gasteiger partial charge on any atom is 0.289 e. The molecule has 0 atom stereocenters. The zero-order chi connectivity index (χ0) is 18.9. The van der Waals surface area contributed by atoms with Crippen LogP contribution in [0.5, 0.6) is 0 Å². The maximum absolute atomic E-state index is 12.8. The minimum Gasteiger partial charge on any atom is -0.355 e. The number of likely N-dealkylation sites (tertiary alicyclic amines) is 1. The Hall–Kier alpha value is -2.96. The van der Waals surface area contributed by atoms with Gasteiger partial charge in [0.25, 0.3) is 5.91 Å². The Morgan fingerprint density at radius 1 is 1.00 bits per heavy atom. The number of nitrogens with zero attached hydrogens (tertiary/aromatic N) is 5. The number of H-pyrrole nitrogens is 1. The first-order valence-corrected chi connectivity index (χ1v) is 10.1. The van der Waals surface area contributed by atoms with Crippen LogP contribution in [0.15, 0.2) is 36.7 Å². The van der Waals surface area contributed by atoms with Gasteiger partial charge in [-0.05, 0) is 25.0 Å². The van der Waals surface area contributed by atoms with Gasteiger partial charge in [-0.25, -0.2) is 9.97 Å². The Morgan fingerprint density at radius 2 is 1.75 bits per heavy atom. The van der Waals surface area contributed by atoms with E-state index in [0.717, 1.165) is 35.6 Å². The molecule has 1 amide bonds. The van der Waals surface area contributed by atoms with E-state index in [4.69, 9.17) is 0 Å². The predicted molar refractivity (Wildman–Crippen MR) is 107 cm³/mol. The first kappa shape index (κ1) is 17.2. The minimum absolute atomic E-state index is 0.0485. The van der Waals surface area contributed by atoms with E-state index in [0.29, 0.717) is 18.9 Å². The van der Waals surface area contributed by atoms with E-state index in [2.05, 4.69) is 24.8 Å². The van der Waals surface area contributed by atoms with Crippen molar-refractivity contribution in [1.82, 2.24) is 24.8 Å². The summed E-state index contributed by atoms with van der Waals surface area (Å²) < 4.78 is 0. The van der Waals surface area contributed by atoms with Gasteiger partial charge in [-0.15, -0.1) is 0 Å². The van der Waals surface area contributed by atoms with Gasteiger partial charge in [-0.3, -0.25) is 9.78 Å². The second kappa shape index (κ2) is 7.22. The molecule has 7 nitrogen and oxygen atoms in total. The fourth-order valence-corrected chi connectivity index (χ4v) is 4.18. The third-order valence-electron chi connectivity index (χ3n) is 5.76. The number of nitrogens with one attached hydrogen (secondary N) is 1. The molecule has 0 radical (unpaired) electrons. The highest BCUT2D eigenvalue weighted by Crippen LogP contribution is 2.32. The van der Waals surface area contributed by atoms with E-state index < -0.39 is 0 Å². The molecule has 2 fully saturated rings. The number of amides is 1. The number of carbonyl (C=O) groups excluding carboxylic acids is 1. The molecule has 1 N–H and O–H groups in total. The summed E-state index contributed by atoms with van der Waals surface area (Å²) in [6.07, 6.45) is 8.53. The third kappa shape index (κ3) is 3.10. The highest BCUT2D eigenvalue weighted by atomic mass is 16.2. The Bertz CT molecular complexity index is 952. The van der Waals surface area contributed by atoms with Crippen molar-refractivity contribution in [2.75, 3.05) is 31.1 Å². The fraction of sp³-hybridized carbons (Fsp3) is 0.429. The van der Waals surface area contributed by atoms with Crippen molar-refractivity contribution < 1.29 is 4.79 Å². The minimum atomic E-state index is -0.0485. The number of anilines is 1. The van der Waals surface area contributed by atoms with Gasteiger partial charge >= 0.3 is 0 Å². The van der Waals surface area contributed by atoms with Crippen LogP contribution >= 0.6 is 0 Å². The average molecular weight is 376 g/mol. The molecular formula is C21H24N6O. The second-order valence-electron chi connectivity index (χ2n) is 7.68. The molecule has 0 spiro atoms. The standard InChI is InChI=1S/C21H24N6O/c28-21(19-24-16-7-3-4-8-17(16)25-19)27-13-15(14-27)18-20(23-10-9-22-18)26-11-5-1-2-6-12-26/h3-4,7-10,15H,1-2,5-6,11-14H2,(H,24,25). The van der Waals surface area contributed by atoms with Crippen molar-refractivity contribution >= 4 is 22.8 Å². The van der Waals surface area contributed by atoms with E-state index in [1.165, 1.54) is 25.7 Å². The van der Waals surface area contributed by atoms with Crippen molar-refractivity contribution in [3.8, 4) is 0 Å². The molecule has 4 heterocycles.